The molecule has 0 amide bonds. The number of carbonyl (C=O) groups is 1. The Hall–Kier alpha value is -0.530. The fraction of sp³-hybridized carbons (Fsp3) is 0.917. The van der Waals surface area contributed by atoms with E-state index in [1.807, 2.05) is 13.8 Å². The van der Waals surface area contributed by atoms with Crippen LogP contribution in [0, 0.1) is 10.8 Å². The number of ether oxygens (including phenoxy) is 1. The van der Waals surface area contributed by atoms with Crippen molar-refractivity contribution in [3.63, 3.8) is 0 Å². The number of carbonyl (C=O) groups excluding carboxylic acids is 1. The van der Waals surface area contributed by atoms with Gasteiger partial charge in [-0.2, -0.15) is 0 Å². The first kappa shape index (κ1) is 13.5. The van der Waals surface area contributed by atoms with Gasteiger partial charge in [-0.15, -0.1) is 0 Å². The van der Waals surface area contributed by atoms with Crippen molar-refractivity contribution < 1.29 is 9.53 Å². The van der Waals surface area contributed by atoms with Crippen LogP contribution < -0.4 is 0 Å². The fourth-order valence-corrected chi connectivity index (χ4v) is 1.32. The second-order valence-electron chi connectivity index (χ2n) is 5.47. The summed E-state index contributed by atoms with van der Waals surface area (Å²) < 4.78 is 4.83. The molecule has 2 heteroatoms. The molecule has 14 heavy (non-hydrogen) atoms. The first-order valence-corrected chi connectivity index (χ1v) is 5.33. The van der Waals surface area contributed by atoms with Gasteiger partial charge in [0, 0.05) is 0 Å². The zero-order valence-electron chi connectivity index (χ0n) is 10.4. The molecule has 0 aliphatic rings. The van der Waals surface area contributed by atoms with E-state index in [4.69, 9.17) is 4.74 Å². The van der Waals surface area contributed by atoms with Gasteiger partial charge >= 0.3 is 5.97 Å². The highest BCUT2D eigenvalue weighted by molar-refractivity contribution is 5.76. The highest BCUT2D eigenvalue weighted by Gasteiger charge is 2.33. The van der Waals surface area contributed by atoms with Crippen LogP contribution >= 0.6 is 0 Å². The minimum Gasteiger partial charge on any atom is -0.469 e. The van der Waals surface area contributed by atoms with Gasteiger partial charge < -0.3 is 4.74 Å². The molecular formula is C12H24O2. The van der Waals surface area contributed by atoms with Gasteiger partial charge in [-0.05, 0) is 31.6 Å². The van der Waals surface area contributed by atoms with Crippen LogP contribution in [0.1, 0.15) is 53.9 Å². The number of hydrogen-bond acceptors (Lipinski definition) is 2. The van der Waals surface area contributed by atoms with Crippen LogP contribution in [0.4, 0.5) is 0 Å². The summed E-state index contributed by atoms with van der Waals surface area (Å²) in [6.07, 6.45) is 2.79. The van der Waals surface area contributed by atoms with E-state index >= 15 is 0 Å². The summed E-state index contributed by atoms with van der Waals surface area (Å²) in [5, 5.41) is 0. The number of hydrogen-bond donors (Lipinski definition) is 0. The van der Waals surface area contributed by atoms with Gasteiger partial charge in [0.05, 0.1) is 12.5 Å². The molecule has 0 saturated carbocycles. The molecule has 84 valence electrons. The molecule has 1 unspecified atom stereocenters. The largest absolute Gasteiger partial charge is 0.469 e. The molecule has 0 heterocycles. The average molecular weight is 200 g/mol. The smallest absolute Gasteiger partial charge is 0.311 e. The Labute approximate surface area is 88.0 Å². The van der Waals surface area contributed by atoms with Crippen LogP contribution in [0.3, 0.4) is 0 Å². The minimum absolute atomic E-state index is 0.0794. The fourth-order valence-electron chi connectivity index (χ4n) is 1.32. The summed E-state index contributed by atoms with van der Waals surface area (Å²) in [4.78, 5) is 11.6. The molecule has 0 bridgehead atoms. The predicted molar refractivity (Wildman–Crippen MR) is 59.1 cm³/mol. The molecular weight excluding hydrogens is 176 g/mol. The molecule has 0 radical (unpaired) electrons. The molecule has 0 aromatic rings. The van der Waals surface area contributed by atoms with Gasteiger partial charge in [-0.25, -0.2) is 0 Å². The monoisotopic (exact) mass is 200 g/mol. The quantitative estimate of drug-likeness (QED) is 0.650. The van der Waals surface area contributed by atoms with Crippen molar-refractivity contribution in [3.05, 3.63) is 0 Å². The number of rotatable bonds is 4. The van der Waals surface area contributed by atoms with Crippen LogP contribution in [-0.4, -0.2) is 13.1 Å². The van der Waals surface area contributed by atoms with E-state index < -0.39 is 0 Å². The summed E-state index contributed by atoms with van der Waals surface area (Å²) in [5.74, 6) is -0.0794. The first-order valence-electron chi connectivity index (χ1n) is 5.33. The van der Waals surface area contributed by atoms with Crippen LogP contribution in [0.15, 0.2) is 0 Å². The van der Waals surface area contributed by atoms with Crippen molar-refractivity contribution in [2.24, 2.45) is 10.8 Å². The Morgan fingerprint density at radius 1 is 1.14 bits per heavy atom. The van der Waals surface area contributed by atoms with Crippen molar-refractivity contribution in [2.75, 3.05) is 7.11 Å². The van der Waals surface area contributed by atoms with Gasteiger partial charge in [-0.1, -0.05) is 27.7 Å². The zero-order chi connectivity index (χ0) is 11.4. The molecule has 2 nitrogen and oxygen atoms in total. The summed E-state index contributed by atoms with van der Waals surface area (Å²) in [6, 6.07) is 0. The minimum atomic E-state index is -0.304. The lowest BCUT2D eigenvalue weighted by molar-refractivity contribution is -0.152. The summed E-state index contributed by atoms with van der Waals surface area (Å²) >= 11 is 0. The maximum Gasteiger partial charge on any atom is 0.311 e. The van der Waals surface area contributed by atoms with E-state index in [-0.39, 0.29) is 16.8 Å². The summed E-state index contributed by atoms with van der Waals surface area (Å²) in [7, 11) is 1.47. The second kappa shape index (κ2) is 4.81. The third kappa shape index (κ3) is 4.12. The summed E-state index contributed by atoms with van der Waals surface area (Å²) in [5.41, 5.74) is -0.0213. The average Bonchev–Trinajstić information content (AvgIpc) is 2.11. The third-order valence-corrected chi connectivity index (χ3v) is 2.89. The Balaban J connectivity index is 4.34. The van der Waals surface area contributed by atoms with Crippen LogP contribution in [0.2, 0.25) is 0 Å². The molecule has 0 aliphatic carbocycles. The van der Waals surface area contributed by atoms with E-state index in [2.05, 4.69) is 20.8 Å². The highest BCUT2D eigenvalue weighted by Crippen LogP contribution is 2.34. The standard InChI is InChI=1S/C12H24O2/c1-7-12(5,10(13)14-6)9-8-11(2,3)4/h7-9H2,1-6H3. The molecule has 0 spiro atoms. The SMILES string of the molecule is CCC(C)(CCC(C)(C)C)C(=O)OC. The van der Waals surface area contributed by atoms with Gasteiger partial charge in [0.1, 0.15) is 0 Å². The maximum atomic E-state index is 11.6. The predicted octanol–water partition coefficient (Wildman–Crippen LogP) is 3.40. The van der Waals surface area contributed by atoms with E-state index in [1.54, 1.807) is 0 Å². The lowest BCUT2D eigenvalue weighted by Gasteiger charge is -2.28. The van der Waals surface area contributed by atoms with Gasteiger partial charge in [0.15, 0.2) is 0 Å². The Kier molecular flexibility index (Phi) is 4.63. The van der Waals surface area contributed by atoms with Crippen molar-refractivity contribution in [1.82, 2.24) is 0 Å². The molecule has 1 atom stereocenters. The zero-order valence-corrected chi connectivity index (χ0v) is 10.4. The Bertz CT molecular complexity index is 191. The third-order valence-electron chi connectivity index (χ3n) is 2.89. The van der Waals surface area contributed by atoms with E-state index in [0.29, 0.717) is 0 Å². The van der Waals surface area contributed by atoms with Gasteiger partial charge in [0.2, 0.25) is 0 Å². The number of esters is 1. The molecule has 0 fully saturated rings. The summed E-state index contributed by atoms with van der Waals surface area (Å²) in [6.45, 7) is 10.6. The molecule has 0 aliphatic heterocycles. The van der Waals surface area contributed by atoms with Crippen LogP contribution in [-0.2, 0) is 9.53 Å². The molecule has 0 aromatic heterocycles. The van der Waals surface area contributed by atoms with Crippen molar-refractivity contribution in [3.8, 4) is 0 Å². The van der Waals surface area contributed by atoms with Crippen LogP contribution in [0.5, 0.6) is 0 Å². The molecule has 0 rings (SSSR count). The molecule has 0 N–H and O–H groups in total. The van der Waals surface area contributed by atoms with E-state index in [0.717, 1.165) is 19.3 Å². The maximum absolute atomic E-state index is 11.6. The topological polar surface area (TPSA) is 26.3 Å². The lowest BCUT2D eigenvalue weighted by atomic mass is 9.77. The molecule has 0 saturated heterocycles. The Morgan fingerprint density at radius 3 is 1.93 bits per heavy atom. The normalized spacial score (nSPS) is 16.1. The first-order chi connectivity index (χ1) is 6.25. The van der Waals surface area contributed by atoms with E-state index in [1.165, 1.54) is 7.11 Å². The van der Waals surface area contributed by atoms with Crippen LogP contribution in [0.25, 0.3) is 0 Å². The second-order valence-corrected chi connectivity index (χ2v) is 5.47. The van der Waals surface area contributed by atoms with Crippen molar-refractivity contribution in [2.45, 2.75) is 53.9 Å². The number of methoxy groups -OCH3 is 1. The highest BCUT2D eigenvalue weighted by atomic mass is 16.5. The van der Waals surface area contributed by atoms with Crippen molar-refractivity contribution >= 4 is 5.97 Å². The van der Waals surface area contributed by atoms with Gasteiger partial charge in [-0.3, -0.25) is 4.79 Å². The lowest BCUT2D eigenvalue weighted by Crippen LogP contribution is -2.29. The molecule has 0 aromatic carbocycles. The van der Waals surface area contributed by atoms with E-state index in [9.17, 15) is 4.79 Å². The van der Waals surface area contributed by atoms with Gasteiger partial charge in [0.25, 0.3) is 0 Å². The Morgan fingerprint density at radius 2 is 1.64 bits per heavy atom. The van der Waals surface area contributed by atoms with Crippen molar-refractivity contribution in [1.29, 1.82) is 0 Å².